The summed E-state index contributed by atoms with van der Waals surface area (Å²) in [5.41, 5.74) is -1.64. The summed E-state index contributed by atoms with van der Waals surface area (Å²) in [7, 11) is 0. The molecule has 6 nitrogen and oxygen atoms in total. The van der Waals surface area contributed by atoms with Crippen LogP contribution in [0.1, 0.15) is 0 Å². The van der Waals surface area contributed by atoms with Crippen LogP contribution < -0.4 is 17.1 Å². The van der Waals surface area contributed by atoms with Gasteiger partial charge < -0.3 is 0 Å². The van der Waals surface area contributed by atoms with E-state index in [1.165, 1.54) is 0 Å². The Morgan fingerprint density at radius 1 is 0.667 bits per heavy atom. The number of hydrogen-bond acceptors (Lipinski definition) is 3. The number of hydrogen-bond donors (Lipinski definition) is 0. The van der Waals surface area contributed by atoms with Gasteiger partial charge in [-0.15, -0.1) is 0 Å². The summed E-state index contributed by atoms with van der Waals surface area (Å²) in [4.78, 5) is 34.9. The quantitative estimate of drug-likeness (QED) is 0.405. The lowest BCUT2D eigenvalue weighted by Crippen LogP contribution is -2.53. The van der Waals surface area contributed by atoms with E-state index in [9.17, 15) is 14.4 Å². The molecule has 0 amide bonds. The molecule has 1 rings (SSSR count). The summed E-state index contributed by atoms with van der Waals surface area (Å²) in [6, 6.07) is 0. The standard InChI is InChI=1S/C6H6I3N3O3/c7-1-10-4(13)11(2-8)6(15)12(3-9)5(10)14/h1-3H2. The van der Waals surface area contributed by atoms with Crippen LogP contribution in [0.3, 0.4) is 0 Å². The molecule has 0 bridgehead atoms. The molecule has 0 aromatic carbocycles. The molecule has 9 heteroatoms. The fourth-order valence-corrected chi connectivity index (χ4v) is 2.74. The third-order valence-corrected chi connectivity index (χ3v) is 3.79. The topological polar surface area (TPSA) is 66.0 Å². The Balaban J connectivity index is 3.82. The van der Waals surface area contributed by atoms with Crippen molar-refractivity contribution in [3.05, 3.63) is 31.5 Å². The number of rotatable bonds is 3. The molecule has 84 valence electrons. The predicted octanol–water partition coefficient (Wildman–Crippen LogP) is 0.349. The molecule has 0 spiro atoms. The molecule has 0 radical (unpaired) electrons. The molecule has 1 aromatic heterocycles. The van der Waals surface area contributed by atoms with Crippen molar-refractivity contribution in [2.24, 2.45) is 0 Å². The van der Waals surface area contributed by atoms with Crippen molar-refractivity contribution in [1.29, 1.82) is 0 Å². The van der Waals surface area contributed by atoms with Gasteiger partial charge in [0.25, 0.3) is 0 Å². The van der Waals surface area contributed by atoms with Crippen LogP contribution in [0, 0.1) is 0 Å². The summed E-state index contributed by atoms with van der Waals surface area (Å²) in [6.45, 7) is 0. The summed E-state index contributed by atoms with van der Waals surface area (Å²) in [6.07, 6.45) is 0. The van der Waals surface area contributed by atoms with Crippen LogP contribution in [-0.4, -0.2) is 13.7 Å². The highest BCUT2D eigenvalue weighted by Crippen LogP contribution is 1.89. The lowest BCUT2D eigenvalue weighted by Gasteiger charge is -2.08. The van der Waals surface area contributed by atoms with Crippen molar-refractivity contribution in [1.82, 2.24) is 13.7 Å². The number of aromatic nitrogens is 3. The largest absolute Gasteiger partial charge is 0.337 e. The Morgan fingerprint density at radius 2 is 0.867 bits per heavy atom. The molecular weight excluding hydrogens is 543 g/mol. The van der Waals surface area contributed by atoms with E-state index in [1.54, 1.807) is 0 Å². The van der Waals surface area contributed by atoms with E-state index in [4.69, 9.17) is 0 Å². The monoisotopic (exact) mass is 549 g/mol. The molecule has 0 saturated heterocycles. The van der Waals surface area contributed by atoms with Crippen LogP contribution in [0.15, 0.2) is 14.4 Å². The molecule has 0 saturated carbocycles. The fraction of sp³-hybridized carbons (Fsp3) is 0.500. The average Bonchev–Trinajstić information content (AvgIpc) is 2.19. The molecule has 0 N–H and O–H groups in total. The molecule has 0 atom stereocenters. The first kappa shape index (κ1) is 13.7. The summed E-state index contributed by atoms with van der Waals surface area (Å²) < 4.78 is 3.84. The highest BCUT2D eigenvalue weighted by molar-refractivity contribution is 14.1. The van der Waals surface area contributed by atoms with Gasteiger partial charge in [-0.1, -0.05) is 67.8 Å². The van der Waals surface area contributed by atoms with Gasteiger partial charge in [-0.05, 0) is 0 Å². The second-order valence-electron chi connectivity index (χ2n) is 2.49. The van der Waals surface area contributed by atoms with E-state index in [2.05, 4.69) is 0 Å². The van der Waals surface area contributed by atoms with Crippen molar-refractivity contribution in [3.8, 4) is 0 Å². The second kappa shape index (κ2) is 5.79. The summed E-state index contributed by atoms with van der Waals surface area (Å²) in [5, 5.41) is 0. The van der Waals surface area contributed by atoms with Crippen molar-refractivity contribution in [2.45, 2.75) is 13.7 Å². The Kier molecular flexibility index (Phi) is 5.27. The maximum atomic E-state index is 11.6. The van der Waals surface area contributed by atoms with Gasteiger partial charge in [0.15, 0.2) is 0 Å². The minimum absolute atomic E-state index is 0.239. The number of alkyl halides is 3. The Labute approximate surface area is 125 Å². The van der Waals surface area contributed by atoms with Crippen molar-refractivity contribution < 1.29 is 0 Å². The fourth-order valence-electron chi connectivity index (χ4n) is 0.989. The van der Waals surface area contributed by atoms with Crippen molar-refractivity contribution >= 4 is 67.8 Å². The molecule has 15 heavy (non-hydrogen) atoms. The van der Waals surface area contributed by atoms with Gasteiger partial charge in [0.1, 0.15) is 0 Å². The Morgan fingerprint density at radius 3 is 1.00 bits per heavy atom. The van der Waals surface area contributed by atoms with E-state index in [0.717, 1.165) is 13.7 Å². The molecule has 0 aliphatic rings. The van der Waals surface area contributed by atoms with Crippen molar-refractivity contribution in [2.75, 3.05) is 0 Å². The zero-order valence-electron chi connectivity index (χ0n) is 7.32. The molecule has 0 aliphatic carbocycles. The third-order valence-electron chi connectivity index (χ3n) is 1.74. The predicted molar refractivity (Wildman–Crippen MR) is 81.3 cm³/mol. The molecule has 0 aliphatic heterocycles. The zero-order chi connectivity index (χ0) is 11.6. The summed E-state index contributed by atoms with van der Waals surface area (Å²) in [5.74, 6) is 0. The van der Waals surface area contributed by atoms with Gasteiger partial charge in [-0.3, -0.25) is 0 Å². The highest BCUT2D eigenvalue weighted by Gasteiger charge is 2.12. The van der Waals surface area contributed by atoms with Crippen LogP contribution in [0.2, 0.25) is 0 Å². The van der Waals surface area contributed by atoms with Gasteiger partial charge in [0, 0.05) is 0 Å². The van der Waals surface area contributed by atoms with E-state index >= 15 is 0 Å². The maximum absolute atomic E-state index is 11.6. The molecule has 1 aromatic rings. The molecule has 0 unspecified atom stereocenters. The third kappa shape index (κ3) is 2.48. The zero-order valence-corrected chi connectivity index (χ0v) is 13.8. The smallest absolute Gasteiger partial charge is 0.247 e. The molecule has 1 heterocycles. The van der Waals surface area contributed by atoms with Gasteiger partial charge in [0.05, 0.1) is 13.7 Å². The highest BCUT2D eigenvalue weighted by atomic mass is 127. The lowest BCUT2D eigenvalue weighted by atomic mass is 10.8. The Hall–Kier alpha value is 0.600. The molecule has 0 fully saturated rings. The van der Waals surface area contributed by atoms with E-state index in [-0.39, 0.29) is 13.7 Å². The van der Waals surface area contributed by atoms with Crippen LogP contribution in [0.25, 0.3) is 0 Å². The lowest BCUT2D eigenvalue weighted by molar-refractivity contribution is 0.552. The first-order valence-electron chi connectivity index (χ1n) is 3.70. The first-order chi connectivity index (χ1) is 7.08. The minimum atomic E-state index is -0.546. The van der Waals surface area contributed by atoms with Crippen molar-refractivity contribution in [3.63, 3.8) is 0 Å². The van der Waals surface area contributed by atoms with Gasteiger partial charge >= 0.3 is 17.1 Å². The van der Waals surface area contributed by atoms with E-state index < -0.39 is 17.1 Å². The maximum Gasteiger partial charge on any atom is 0.337 e. The van der Waals surface area contributed by atoms with E-state index in [0.29, 0.717) is 0 Å². The van der Waals surface area contributed by atoms with E-state index in [1.807, 2.05) is 67.8 Å². The van der Waals surface area contributed by atoms with Crippen LogP contribution >= 0.6 is 67.8 Å². The molecular formula is C6H6I3N3O3. The van der Waals surface area contributed by atoms with Crippen LogP contribution in [0.4, 0.5) is 0 Å². The Bertz CT molecular complexity index is 423. The number of nitrogens with zero attached hydrogens (tertiary/aromatic N) is 3. The minimum Gasteiger partial charge on any atom is -0.247 e. The SMILES string of the molecule is O=c1n(CI)c(=O)n(CI)c(=O)n1CI. The summed E-state index contributed by atoms with van der Waals surface area (Å²) >= 11 is 5.73. The van der Waals surface area contributed by atoms with Crippen LogP contribution in [0.5, 0.6) is 0 Å². The second-order valence-corrected chi connectivity index (χ2v) is 4.54. The van der Waals surface area contributed by atoms with Gasteiger partial charge in [-0.25, -0.2) is 28.1 Å². The number of halogens is 3. The van der Waals surface area contributed by atoms with Crippen LogP contribution in [-0.2, 0) is 13.7 Å². The normalized spacial score (nSPS) is 10.6. The van der Waals surface area contributed by atoms with Gasteiger partial charge in [-0.2, -0.15) is 0 Å². The average molecular weight is 549 g/mol. The first-order valence-corrected chi connectivity index (χ1v) is 8.28. The van der Waals surface area contributed by atoms with Gasteiger partial charge in [0.2, 0.25) is 0 Å².